The Hall–Kier alpha value is -2.61. The zero-order chi connectivity index (χ0) is 15.6. The van der Waals surface area contributed by atoms with E-state index in [4.69, 9.17) is 5.26 Å². The van der Waals surface area contributed by atoms with Crippen molar-refractivity contribution in [3.05, 3.63) is 70.5 Å². The van der Waals surface area contributed by atoms with E-state index in [1.54, 1.807) is 6.07 Å². The number of ketones is 1. The van der Waals surface area contributed by atoms with Gasteiger partial charge in [0.05, 0.1) is 6.07 Å². The fourth-order valence-electron chi connectivity index (χ4n) is 1.94. The molecule has 0 bridgehead atoms. The lowest BCUT2D eigenvalue weighted by Gasteiger charge is -2.10. The molecule has 21 heavy (non-hydrogen) atoms. The van der Waals surface area contributed by atoms with Gasteiger partial charge in [0.2, 0.25) is 0 Å². The van der Waals surface area contributed by atoms with Crippen molar-refractivity contribution < 1.29 is 18.0 Å². The number of nitrogens with zero attached hydrogens (tertiary/aromatic N) is 1. The van der Waals surface area contributed by atoms with Crippen LogP contribution < -0.4 is 0 Å². The first-order valence-corrected chi connectivity index (χ1v) is 6.08. The highest BCUT2D eigenvalue weighted by Crippen LogP contribution is 2.23. The third kappa shape index (κ3) is 3.11. The zero-order valence-electron chi connectivity index (χ0n) is 11.0. The highest BCUT2D eigenvalue weighted by Gasteiger charge is 2.23. The molecule has 2 nitrogen and oxygen atoms in total. The minimum Gasteiger partial charge on any atom is -0.292 e. The second kappa shape index (κ2) is 5.80. The number of carbonyl (C=O) groups is 1. The molecule has 5 heteroatoms. The average Bonchev–Trinajstić information content (AvgIpc) is 2.41. The van der Waals surface area contributed by atoms with Crippen molar-refractivity contribution in [1.29, 1.82) is 5.26 Å². The number of carbonyl (C=O) groups excluding carboxylic acids is 1. The van der Waals surface area contributed by atoms with Gasteiger partial charge in [-0.2, -0.15) is 5.26 Å². The first kappa shape index (κ1) is 14.8. The molecule has 1 atom stereocenters. The van der Waals surface area contributed by atoms with Crippen LogP contribution in [0.15, 0.2) is 36.4 Å². The van der Waals surface area contributed by atoms with Gasteiger partial charge in [0.1, 0.15) is 23.4 Å². The van der Waals surface area contributed by atoms with E-state index in [2.05, 4.69) is 0 Å². The number of Topliss-reactive ketones (excluding diaryl/α,β-unsaturated/α-hetero) is 1. The molecular formula is C16H10F3NO. The van der Waals surface area contributed by atoms with Crippen molar-refractivity contribution in [2.75, 3.05) is 0 Å². The summed E-state index contributed by atoms with van der Waals surface area (Å²) in [4.78, 5) is 12.2. The molecule has 0 aliphatic heterocycles. The van der Waals surface area contributed by atoms with Crippen LogP contribution in [0.25, 0.3) is 0 Å². The molecule has 2 aromatic rings. The number of hydrogen-bond donors (Lipinski definition) is 0. The SMILES string of the molecule is Cc1ccc(C(=O)C(C#N)c2cc(F)cc(F)c2)cc1F. The molecule has 0 radical (unpaired) electrons. The Bertz CT molecular complexity index is 729. The van der Waals surface area contributed by atoms with Gasteiger partial charge in [0.15, 0.2) is 5.78 Å². The quantitative estimate of drug-likeness (QED) is 0.804. The maximum absolute atomic E-state index is 13.5. The molecule has 0 amide bonds. The van der Waals surface area contributed by atoms with Gasteiger partial charge in [-0.3, -0.25) is 4.79 Å². The fraction of sp³-hybridized carbons (Fsp3) is 0.125. The molecule has 0 aliphatic carbocycles. The van der Waals surface area contributed by atoms with Gasteiger partial charge in [0, 0.05) is 11.6 Å². The van der Waals surface area contributed by atoms with Gasteiger partial charge < -0.3 is 0 Å². The van der Waals surface area contributed by atoms with Crippen LogP contribution in [0.5, 0.6) is 0 Å². The van der Waals surface area contributed by atoms with Crippen molar-refractivity contribution in [3.63, 3.8) is 0 Å². The number of halogens is 3. The van der Waals surface area contributed by atoms with Crippen LogP contribution in [0.3, 0.4) is 0 Å². The molecule has 0 saturated carbocycles. The average molecular weight is 289 g/mol. The lowest BCUT2D eigenvalue weighted by atomic mass is 9.91. The van der Waals surface area contributed by atoms with Gasteiger partial charge in [0.25, 0.3) is 0 Å². The summed E-state index contributed by atoms with van der Waals surface area (Å²) in [7, 11) is 0. The second-order valence-electron chi connectivity index (χ2n) is 4.59. The van der Waals surface area contributed by atoms with E-state index in [0.29, 0.717) is 11.6 Å². The van der Waals surface area contributed by atoms with Crippen LogP contribution in [-0.2, 0) is 0 Å². The number of aryl methyl sites for hydroxylation is 1. The number of hydrogen-bond acceptors (Lipinski definition) is 2. The van der Waals surface area contributed by atoms with E-state index in [1.165, 1.54) is 19.1 Å². The molecule has 1 unspecified atom stereocenters. The number of nitriles is 1. The van der Waals surface area contributed by atoms with Crippen molar-refractivity contribution in [1.82, 2.24) is 0 Å². The summed E-state index contributed by atoms with van der Waals surface area (Å²) >= 11 is 0. The van der Waals surface area contributed by atoms with Crippen molar-refractivity contribution >= 4 is 5.78 Å². The summed E-state index contributed by atoms with van der Waals surface area (Å²) < 4.78 is 39.9. The van der Waals surface area contributed by atoms with Crippen LogP contribution in [0, 0.1) is 35.7 Å². The van der Waals surface area contributed by atoms with Gasteiger partial charge in [-0.1, -0.05) is 12.1 Å². The second-order valence-corrected chi connectivity index (χ2v) is 4.59. The van der Waals surface area contributed by atoms with Gasteiger partial charge in [-0.25, -0.2) is 13.2 Å². The standard InChI is InChI=1S/C16H10F3NO/c1-9-2-3-10(6-15(9)19)16(21)14(8-20)11-4-12(17)7-13(18)5-11/h2-7,14H,1H3. The molecule has 0 spiro atoms. The van der Waals surface area contributed by atoms with Crippen molar-refractivity contribution in [2.45, 2.75) is 12.8 Å². The van der Waals surface area contributed by atoms with E-state index >= 15 is 0 Å². The summed E-state index contributed by atoms with van der Waals surface area (Å²) in [6.45, 7) is 1.54. The Kier molecular flexibility index (Phi) is 4.08. The molecule has 2 aromatic carbocycles. The summed E-state index contributed by atoms with van der Waals surface area (Å²) in [6.07, 6.45) is 0. The molecule has 0 aromatic heterocycles. The number of benzene rings is 2. The van der Waals surface area contributed by atoms with Crippen LogP contribution in [-0.4, -0.2) is 5.78 Å². The van der Waals surface area contributed by atoms with Crippen molar-refractivity contribution in [3.8, 4) is 6.07 Å². The number of rotatable bonds is 3. The van der Waals surface area contributed by atoms with E-state index in [0.717, 1.165) is 18.2 Å². The third-order valence-corrected chi connectivity index (χ3v) is 3.07. The first-order valence-electron chi connectivity index (χ1n) is 6.08. The molecular weight excluding hydrogens is 279 g/mol. The van der Waals surface area contributed by atoms with Gasteiger partial charge in [-0.05, 0) is 36.2 Å². The van der Waals surface area contributed by atoms with Gasteiger partial charge >= 0.3 is 0 Å². The van der Waals surface area contributed by atoms with E-state index < -0.39 is 29.2 Å². The van der Waals surface area contributed by atoms with Crippen LogP contribution >= 0.6 is 0 Å². The smallest absolute Gasteiger partial charge is 0.184 e. The Morgan fingerprint density at radius 2 is 1.71 bits per heavy atom. The molecule has 106 valence electrons. The summed E-state index contributed by atoms with van der Waals surface area (Å²) in [5, 5.41) is 9.11. The van der Waals surface area contributed by atoms with Crippen LogP contribution in [0.1, 0.15) is 27.4 Å². The molecule has 0 fully saturated rings. The largest absolute Gasteiger partial charge is 0.292 e. The summed E-state index contributed by atoms with van der Waals surface area (Å²) in [6, 6.07) is 7.97. The Morgan fingerprint density at radius 3 is 2.24 bits per heavy atom. The monoisotopic (exact) mass is 289 g/mol. The third-order valence-electron chi connectivity index (χ3n) is 3.07. The maximum atomic E-state index is 13.5. The normalized spacial score (nSPS) is 11.8. The Labute approximate surface area is 119 Å². The van der Waals surface area contributed by atoms with E-state index in [1.807, 2.05) is 0 Å². The van der Waals surface area contributed by atoms with Crippen molar-refractivity contribution in [2.24, 2.45) is 0 Å². The zero-order valence-corrected chi connectivity index (χ0v) is 11.0. The Morgan fingerprint density at radius 1 is 1.10 bits per heavy atom. The minimum absolute atomic E-state index is 0.0191. The lowest BCUT2D eigenvalue weighted by Crippen LogP contribution is -2.12. The molecule has 0 aliphatic rings. The van der Waals surface area contributed by atoms with Crippen LogP contribution in [0.2, 0.25) is 0 Å². The Balaban J connectivity index is 2.43. The van der Waals surface area contributed by atoms with Gasteiger partial charge in [-0.15, -0.1) is 0 Å². The predicted octanol–water partition coefficient (Wildman–Crippen LogP) is 3.90. The maximum Gasteiger partial charge on any atom is 0.184 e. The highest BCUT2D eigenvalue weighted by molar-refractivity contribution is 6.02. The predicted molar refractivity (Wildman–Crippen MR) is 70.2 cm³/mol. The highest BCUT2D eigenvalue weighted by atomic mass is 19.1. The lowest BCUT2D eigenvalue weighted by molar-refractivity contribution is 0.0978. The summed E-state index contributed by atoms with van der Waals surface area (Å²) in [5.74, 6) is -4.44. The molecule has 2 rings (SSSR count). The molecule has 0 N–H and O–H groups in total. The van der Waals surface area contributed by atoms with E-state index in [-0.39, 0.29) is 11.1 Å². The van der Waals surface area contributed by atoms with Crippen LogP contribution in [0.4, 0.5) is 13.2 Å². The summed E-state index contributed by atoms with van der Waals surface area (Å²) in [5.41, 5.74) is 0.243. The minimum atomic E-state index is -1.39. The van der Waals surface area contributed by atoms with E-state index in [9.17, 15) is 18.0 Å². The molecule has 0 saturated heterocycles. The fourth-order valence-corrected chi connectivity index (χ4v) is 1.94. The molecule has 0 heterocycles. The topological polar surface area (TPSA) is 40.9 Å². The first-order chi connectivity index (χ1) is 9.92.